The Bertz CT molecular complexity index is 435. The normalized spacial score (nSPS) is 18.8. The SMILES string of the molecule is CCCCC/C=C\C/C=C\CCCCCCCCOCC1(N)COC(C)(C)OC1. The van der Waals surface area contributed by atoms with Crippen molar-refractivity contribution in [2.45, 2.75) is 109 Å². The van der Waals surface area contributed by atoms with Gasteiger partial charge in [-0.1, -0.05) is 69.8 Å². The highest BCUT2D eigenvalue weighted by atomic mass is 16.7. The molecule has 1 heterocycles. The zero-order chi connectivity index (χ0) is 21.3. The van der Waals surface area contributed by atoms with Crippen molar-refractivity contribution in [3.63, 3.8) is 0 Å². The molecule has 1 rings (SSSR count). The molecule has 0 aromatic rings. The minimum absolute atomic E-state index is 0.490. The lowest BCUT2D eigenvalue weighted by atomic mass is 10.0. The van der Waals surface area contributed by atoms with Gasteiger partial charge >= 0.3 is 0 Å². The highest BCUT2D eigenvalue weighted by Gasteiger charge is 2.37. The zero-order valence-electron chi connectivity index (χ0n) is 19.4. The number of hydrogen-bond acceptors (Lipinski definition) is 4. The summed E-state index contributed by atoms with van der Waals surface area (Å²) in [5, 5.41) is 0. The fourth-order valence-electron chi connectivity index (χ4n) is 3.27. The molecule has 2 N–H and O–H groups in total. The summed E-state index contributed by atoms with van der Waals surface area (Å²) < 4.78 is 17.0. The molecule has 0 saturated carbocycles. The van der Waals surface area contributed by atoms with Crippen molar-refractivity contribution in [1.82, 2.24) is 0 Å². The molecule has 4 nitrogen and oxygen atoms in total. The summed E-state index contributed by atoms with van der Waals surface area (Å²) in [6, 6.07) is 0. The van der Waals surface area contributed by atoms with E-state index in [1.165, 1.54) is 64.2 Å². The minimum atomic E-state index is -0.524. The summed E-state index contributed by atoms with van der Waals surface area (Å²) in [6.07, 6.45) is 24.4. The lowest BCUT2D eigenvalue weighted by Crippen LogP contribution is -2.59. The van der Waals surface area contributed by atoms with E-state index in [4.69, 9.17) is 19.9 Å². The Hall–Kier alpha value is -0.680. The van der Waals surface area contributed by atoms with Crippen LogP contribution >= 0.6 is 0 Å². The third-order valence-corrected chi connectivity index (χ3v) is 5.29. The first-order valence-electron chi connectivity index (χ1n) is 11.9. The van der Waals surface area contributed by atoms with Crippen LogP contribution in [0.2, 0.25) is 0 Å². The van der Waals surface area contributed by atoms with E-state index >= 15 is 0 Å². The van der Waals surface area contributed by atoms with Gasteiger partial charge in [-0.2, -0.15) is 0 Å². The molecule has 0 bridgehead atoms. The van der Waals surface area contributed by atoms with Gasteiger partial charge in [0.1, 0.15) is 0 Å². The van der Waals surface area contributed by atoms with E-state index in [9.17, 15) is 0 Å². The smallest absolute Gasteiger partial charge is 0.162 e. The van der Waals surface area contributed by atoms with Crippen LogP contribution in [0.4, 0.5) is 0 Å². The van der Waals surface area contributed by atoms with E-state index in [0.717, 1.165) is 19.4 Å². The van der Waals surface area contributed by atoms with Gasteiger partial charge in [0.15, 0.2) is 5.79 Å². The van der Waals surface area contributed by atoms with Crippen LogP contribution in [0, 0.1) is 0 Å². The molecule has 1 saturated heterocycles. The van der Waals surface area contributed by atoms with Crippen LogP contribution in [0.3, 0.4) is 0 Å². The lowest BCUT2D eigenvalue weighted by Gasteiger charge is -2.40. The predicted octanol–water partition coefficient (Wildman–Crippen LogP) is 6.30. The molecule has 0 unspecified atom stereocenters. The van der Waals surface area contributed by atoms with Gasteiger partial charge in [0.25, 0.3) is 0 Å². The lowest BCUT2D eigenvalue weighted by molar-refractivity contribution is -0.271. The fourth-order valence-corrected chi connectivity index (χ4v) is 3.27. The molecular formula is C25H47NO3. The predicted molar refractivity (Wildman–Crippen MR) is 123 cm³/mol. The number of unbranched alkanes of at least 4 members (excludes halogenated alkanes) is 9. The average molecular weight is 410 g/mol. The third-order valence-electron chi connectivity index (χ3n) is 5.29. The van der Waals surface area contributed by atoms with E-state index in [1.54, 1.807) is 0 Å². The van der Waals surface area contributed by atoms with Gasteiger partial charge < -0.3 is 19.9 Å². The molecule has 1 aliphatic heterocycles. The summed E-state index contributed by atoms with van der Waals surface area (Å²) in [5.74, 6) is -0.524. The molecule has 0 spiro atoms. The van der Waals surface area contributed by atoms with Crippen molar-refractivity contribution < 1.29 is 14.2 Å². The molecule has 0 aliphatic carbocycles. The molecule has 29 heavy (non-hydrogen) atoms. The van der Waals surface area contributed by atoms with E-state index in [2.05, 4.69) is 31.2 Å². The first kappa shape index (κ1) is 26.4. The van der Waals surface area contributed by atoms with E-state index in [0.29, 0.717) is 19.8 Å². The Labute approximate surface area is 180 Å². The molecule has 0 amide bonds. The van der Waals surface area contributed by atoms with Crippen molar-refractivity contribution in [3.05, 3.63) is 24.3 Å². The second-order valence-electron chi connectivity index (χ2n) is 8.98. The number of allylic oxidation sites excluding steroid dienone is 4. The summed E-state index contributed by atoms with van der Waals surface area (Å²) in [5.41, 5.74) is 5.76. The average Bonchev–Trinajstić information content (AvgIpc) is 2.70. The van der Waals surface area contributed by atoms with E-state index in [-0.39, 0.29) is 0 Å². The third kappa shape index (κ3) is 14.9. The number of nitrogens with two attached hydrogens (primary N) is 1. The van der Waals surface area contributed by atoms with Crippen LogP contribution in [0.25, 0.3) is 0 Å². The van der Waals surface area contributed by atoms with Crippen LogP contribution in [0.15, 0.2) is 24.3 Å². The Morgan fingerprint density at radius 2 is 1.34 bits per heavy atom. The highest BCUT2D eigenvalue weighted by molar-refractivity contribution is 4.92. The number of ether oxygens (including phenoxy) is 3. The molecule has 1 fully saturated rings. The summed E-state index contributed by atoms with van der Waals surface area (Å²) in [7, 11) is 0. The molecule has 0 radical (unpaired) electrons. The topological polar surface area (TPSA) is 53.7 Å². The minimum Gasteiger partial charge on any atom is -0.379 e. The van der Waals surface area contributed by atoms with Crippen LogP contribution in [0.5, 0.6) is 0 Å². The van der Waals surface area contributed by atoms with Gasteiger partial charge in [-0.3, -0.25) is 0 Å². The van der Waals surface area contributed by atoms with Crippen LogP contribution in [-0.2, 0) is 14.2 Å². The largest absolute Gasteiger partial charge is 0.379 e. The second kappa shape index (κ2) is 16.1. The zero-order valence-corrected chi connectivity index (χ0v) is 19.4. The van der Waals surface area contributed by atoms with Crippen LogP contribution in [0.1, 0.15) is 97.8 Å². The quantitative estimate of drug-likeness (QED) is 0.226. The first-order valence-corrected chi connectivity index (χ1v) is 11.9. The van der Waals surface area contributed by atoms with Gasteiger partial charge in [-0.15, -0.1) is 0 Å². The number of rotatable bonds is 17. The summed E-state index contributed by atoms with van der Waals surface area (Å²) >= 11 is 0. The molecule has 170 valence electrons. The monoisotopic (exact) mass is 409 g/mol. The molecule has 1 aliphatic rings. The Balaban J connectivity index is 1.83. The molecule has 0 atom stereocenters. The Morgan fingerprint density at radius 1 is 0.793 bits per heavy atom. The molecule has 4 heteroatoms. The van der Waals surface area contributed by atoms with Crippen molar-refractivity contribution in [1.29, 1.82) is 0 Å². The number of hydrogen-bond donors (Lipinski definition) is 1. The van der Waals surface area contributed by atoms with Crippen molar-refractivity contribution >= 4 is 0 Å². The molecule has 0 aromatic carbocycles. The second-order valence-corrected chi connectivity index (χ2v) is 8.98. The van der Waals surface area contributed by atoms with Gasteiger partial charge in [0, 0.05) is 6.61 Å². The summed E-state index contributed by atoms with van der Waals surface area (Å²) in [4.78, 5) is 0. The molecular weight excluding hydrogens is 362 g/mol. The Morgan fingerprint density at radius 3 is 1.97 bits per heavy atom. The maximum atomic E-state index is 6.27. The highest BCUT2D eigenvalue weighted by Crippen LogP contribution is 2.22. The van der Waals surface area contributed by atoms with Crippen LogP contribution in [-0.4, -0.2) is 37.8 Å². The van der Waals surface area contributed by atoms with Gasteiger partial charge in [-0.25, -0.2) is 0 Å². The van der Waals surface area contributed by atoms with Crippen LogP contribution < -0.4 is 5.73 Å². The standard InChI is InChI=1S/C25H47NO3/c1-4-5-6-7-8-9-10-11-12-13-14-15-16-17-18-19-20-27-21-25(26)22-28-24(2,3)29-23-25/h8-9,11-12H,4-7,10,13-23,26H2,1-3H3/b9-8-,12-11-. The maximum Gasteiger partial charge on any atom is 0.162 e. The van der Waals surface area contributed by atoms with E-state index < -0.39 is 11.3 Å². The maximum absolute atomic E-state index is 6.27. The fraction of sp³-hybridized carbons (Fsp3) is 0.840. The van der Waals surface area contributed by atoms with Crippen molar-refractivity contribution in [3.8, 4) is 0 Å². The first-order chi connectivity index (χ1) is 14.0. The van der Waals surface area contributed by atoms with Crippen molar-refractivity contribution in [2.75, 3.05) is 26.4 Å². The molecule has 0 aromatic heterocycles. The van der Waals surface area contributed by atoms with Crippen molar-refractivity contribution in [2.24, 2.45) is 5.73 Å². The van der Waals surface area contributed by atoms with Gasteiger partial charge in [0.2, 0.25) is 0 Å². The summed E-state index contributed by atoms with van der Waals surface area (Å²) in [6.45, 7) is 8.34. The Kier molecular flexibility index (Phi) is 14.6. The van der Waals surface area contributed by atoms with E-state index in [1.807, 2.05) is 13.8 Å². The van der Waals surface area contributed by atoms with Gasteiger partial charge in [0.05, 0.1) is 25.4 Å². The van der Waals surface area contributed by atoms with Gasteiger partial charge in [-0.05, 0) is 52.4 Å².